The Morgan fingerprint density at radius 3 is 3.00 bits per heavy atom. The maximum absolute atomic E-state index is 11.7. The van der Waals surface area contributed by atoms with Gasteiger partial charge in [-0.05, 0) is 6.42 Å². The van der Waals surface area contributed by atoms with Crippen LogP contribution in [0.15, 0.2) is 16.9 Å². The third-order valence-electron chi connectivity index (χ3n) is 2.33. The summed E-state index contributed by atoms with van der Waals surface area (Å²) in [5.74, 6) is 0.397. The minimum Gasteiger partial charge on any atom is -0.480 e. The lowest BCUT2D eigenvalue weighted by molar-refractivity contribution is 0.378. The first kappa shape index (κ1) is 13.5. The van der Waals surface area contributed by atoms with Crippen molar-refractivity contribution in [2.45, 2.75) is 19.9 Å². The van der Waals surface area contributed by atoms with Gasteiger partial charge < -0.3 is 10.1 Å². The summed E-state index contributed by atoms with van der Waals surface area (Å²) >= 11 is 1.42. The van der Waals surface area contributed by atoms with Gasteiger partial charge in [-0.1, -0.05) is 18.3 Å². The van der Waals surface area contributed by atoms with E-state index in [1.165, 1.54) is 35.3 Å². The van der Waals surface area contributed by atoms with Crippen molar-refractivity contribution in [3.05, 3.63) is 27.5 Å². The Hall–Kier alpha value is -1.96. The molecular formula is C11H15N5O2S. The number of aromatic nitrogens is 4. The number of rotatable bonds is 6. The monoisotopic (exact) mass is 281 g/mol. The van der Waals surface area contributed by atoms with Crippen LogP contribution in [0.1, 0.15) is 18.4 Å². The Morgan fingerprint density at radius 1 is 1.42 bits per heavy atom. The number of hydrogen-bond donors (Lipinski definition) is 1. The van der Waals surface area contributed by atoms with Crippen molar-refractivity contribution in [1.82, 2.24) is 20.0 Å². The lowest BCUT2D eigenvalue weighted by Crippen LogP contribution is -2.22. The molecule has 0 saturated heterocycles. The average molecular weight is 281 g/mol. The highest BCUT2D eigenvalue weighted by Crippen LogP contribution is 2.15. The predicted molar refractivity (Wildman–Crippen MR) is 72.8 cm³/mol. The third-order valence-corrected chi connectivity index (χ3v) is 3.20. The van der Waals surface area contributed by atoms with Crippen LogP contribution < -0.4 is 15.6 Å². The van der Waals surface area contributed by atoms with Gasteiger partial charge in [0.2, 0.25) is 11.0 Å². The highest BCUT2D eigenvalue weighted by atomic mass is 32.1. The minimum absolute atomic E-state index is 0.195. The molecule has 0 atom stereocenters. The molecule has 0 unspecified atom stereocenters. The molecule has 0 aliphatic carbocycles. The van der Waals surface area contributed by atoms with Gasteiger partial charge in [-0.25, -0.2) is 4.68 Å². The minimum atomic E-state index is -0.195. The predicted octanol–water partition coefficient (Wildman–Crippen LogP) is 0.974. The Labute approximate surface area is 114 Å². The zero-order chi connectivity index (χ0) is 13.7. The topological polar surface area (TPSA) is 81.9 Å². The number of nitrogens with zero attached hydrogens (tertiary/aromatic N) is 4. The number of nitrogens with one attached hydrogen (secondary N) is 1. The van der Waals surface area contributed by atoms with Crippen LogP contribution in [0.25, 0.3) is 0 Å². The van der Waals surface area contributed by atoms with Gasteiger partial charge >= 0.3 is 0 Å². The summed E-state index contributed by atoms with van der Waals surface area (Å²) in [5.41, 5.74) is -0.195. The van der Waals surface area contributed by atoms with Crippen LogP contribution in [0.2, 0.25) is 0 Å². The first-order valence-electron chi connectivity index (χ1n) is 5.91. The SMILES string of the molecule is CCCNc1nnc(Cn2nc(OC)ccc2=O)s1. The van der Waals surface area contributed by atoms with Crippen molar-refractivity contribution in [3.63, 3.8) is 0 Å². The number of anilines is 1. The quantitative estimate of drug-likeness (QED) is 0.849. The summed E-state index contributed by atoms with van der Waals surface area (Å²) in [6, 6.07) is 2.95. The molecule has 102 valence electrons. The summed E-state index contributed by atoms with van der Waals surface area (Å²) in [6.45, 7) is 3.22. The smallest absolute Gasteiger partial charge is 0.267 e. The summed E-state index contributed by atoms with van der Waals surface area (Å²) in [4.78, 5) is 11.7. The molecule has 0 radical (unpaired) electrons. The second-order valence-electron chi connectivity index (χ2n) is 3.80. The first-order valence-corrected chi connectivity index (χ1v) is 6.73. The highest BCUT2D eigenvalue weighted by molar-refractivity contribution is 7.15. The molecule has 1 N–H and O–H groups in total. The molecule has 0 bridgehead atoms. The van der Waals surface area contributed by atoms with Crippen molar-refractivity contribution in [2.75, 3.05) is 19.0 Å². The van der Waals surface area contributed by atoms with Gasteiger partial charge in [0.15, 0.2) is 0 Å². The third kappa shape index (κ3) is 3.50. The molecule has 0 aliphatic heterocycles. The Morgan fingerprint density at radius 2 is 2.26 bits per heavy atom. The molecule has 0 aliphatic rings. The van der Waals surface area contributed by atoms with Crippen LogP contribution in [-0.4, -0.2) is 33.6 Å². The van der Waals surface area contributed by atoms with Crippen molar-refractivity contribution in [3.8, 4) is 5.88 Å². The molecule has 0 amide bonds. The van der Waals surface area contributed by atoms with E-state index in [1.807, 2.05) is 0 Å². The lowest BCUT2D eigenvalue weighted by Gasteiger charge is -2.03. The number of hydrogen-bond acceptors (Lipinski definition) is 7. The lowest BCUT2D eigenvalue weighted by atomic mass is 10.5. The molecule has 7 nitrogen and oxygen atoms in total. The molecule has 2 heterocycles. The fourth-order valence-corrected chi connectivity index (χ4v) is 2.15. The van der Waals surface area contributed by atoms with Gasteiger partial charge in [-0.3, -0.25) is 4.79 Å². The molecule has 19 heavy (non-hydrogen) atoms. The van der Waals surface area contributed by atoms with Crippen molar-refractivity contribution in [1.29, 1.82) is 0 Å². The molecule has 0 aromatic carbocycles. The maximum Gasteiger partial charge on any atom is 0.267 e. The van der Waals surface area contributed by atoms with Gasteiger partial charge in [0, 0.05) is 18.7 Å². The highest BCUT2D eigenvalue weighted by Gasteiger charge is 2.07. The van der Waals surface area contributed by atoms with Crippen LogP contribution in [0.4, 0.5) is 5.13 Å². The first-order chi connectivity index (χ1) is 9.22. The molecule has 8 heteroatoms. The van der Waals surface area contributed by atoms with Gasteiger partial charge in [0.1, 0.15) is 5.01 Å². The van der Waals surface area contributed by atoms with E-state index < -0.39 is 0 Å². The van der Waals surface area contributed by atoms with Gasteiger partial charge in [-0.15, -0.1) is 15.3 Å². The molecule has 2 aromatic heterocycles. The Bertz CT molecular complexity index is 595. The van der Waals surface area contributed by atoms with Crippen molar-refractivity contribution < 1.29 is 4.74 Å². The van der Waals surface area contributed by atoms with Crippen LogP contribution in [-0.2, 0) is 6.54 Å². The Balaban J connectivity index is 2.12. The van der Waals surface area contributed by atoms with Crippen molar-refractivity contribution in [2.24, 2.45) is 0 Å². The number of methoxy groups -OCH3 is 1. The molecular weight excluding hydrogens is 266 g/mol. The van der Waals surface area contributed by atoms with Crippen LogP contribution >= 0.6 is 11.3 Å². The normalized spacial score (nSPS) is 10.4. The molecule has 2 rings (SSSR count). The van der Waals surface area contributed by atoms with E-state index in [0.29, 0.717) is 12.4 Å². The van der Waals surface area contributed by atoms with E-state index in [4.69, 9.17) is 4.74 Å². The van der Waals surface area contributed by atoms with Gasteiger partial charge in [-0.2, -0.15) is 0 Å². The molecule has 0 fully saturated rings. The van der Waals surface area contributed by atoms with Crippen LogP contribution in [0.3, 0.4) is 0 Å². The van der Waals surface area contributed by atoms with E-state index in [0.717, 1.165) is 23.1 Å². The molecule has 2 aromatic rings. The summed E-state index contributed by atoms with van der Waals surface area (Å²) in [6.07, 6.45) is 1.02. The van der Waals surface area contributed by atoms with E-state index in [9.17, 15) is 4.79 Å². The molecule has 0 saturated carbocycles. The summed E-state index contributed by atoms with van der Waals surface area (Å²) in [5, 5.41) is 16.7. The van der Waals surface area contributed by atoms with Gasteiger partial charge in [0.05, 0.1) is 13.7 Å². The van der Waals surface area contributed by atoms with E-state index >= 15 is 0 Å². The zero-order valence-corrected chi connectivity index (χ0v) is 11.6. The van der Waals surface area contributed by atoms with Gasteiger partial charge in [0.25, 0.3) is 5.56 Å². The second-order valence-corrected chi connectivity index (χ2v) is 4.86. The standard InChI is InChI=1S/C11H15N5O2S/c1-3-6-12-11-14-13-9(19-11)7-16-10(17)5-4-8(15-16)18-2/h4-5H,3,6-7H2,1-2H3,(H,12,14). The van der Waals surface area contributed by atoms with Crippen molar-refractivity contribution >= 4 is 16.5 Å². The van der Waals surface area contributed by atoms with Crippen LogP contribution in [0, 0.1) is 0 Å². The second kappa shape index (κ2) is 6.28. The summed E-state index contributed by atoms with van der Waals surface area (Å²) < 4.78 is 6.30. The largest absolute Gasteiger partial charge is 0.480 e. The summed E-state index contributed by atoms with van der Waals surface area (Å²) in [7, 11) is 1.51. The number of ether oxygens (including phenoxy) is 1. The Kier molecular flexibility index (Phi) is 4.45. The van der Waals surface area contributed by atoms with Crippen LogP contribution in [0.5, 0.6) is 5.88 Å². The fourth-order valence-electron chi connectivity index (χ4n) is 1.40. The van der Waals surface area contributed by atoms with E-state index in [2.05, 4.69) is 27.5 Å². The van der Waals surface area contributed by atoms with E-state index in [1.54, 1.807) is 0 Å². The van der Waals surface area contributed by atoms with E-state index in [-0.39, 0.29) is 5.56 Å². The molecule has 0 spiro atoms. The fraction of sp³-hybridized carbons (Fsp3) is 0.455. The zero-order valence-electron chi connectivity index (χ0n) is 10.8. The maximum atomic E-state index is 11.7. The average Bonchev–Trinajstić information content (AvgIpc) is 2.86.